The number of halogens is 3. The summed E-state index contributed by atoms with van der Waals surface area (Å²) < 4.78 is 19.6. The molecule has 1 amide bonds. The highest BCUT2D eigenvalue weighted by Crippen LogP contribution is 2.24. The second-order valence-corrected chi connectivity index (χ2v) is 5.17. The third-order valence-corrected chi connectivity index (χ3v) is 3.29. The Labute approximate surface area is 130 Å². The van der Waals surface area contributed by atoms with Crippen LogP contribution in [0.4, 0.5) is 10.2 Å². The molecule has 0 radical (unpaired) electrons. The molecule has 8 heteroatoms. The number of rotatable bonds is 3. The van der Waals surface area contributed by atoms with Crippen LogP contribution in [0, 0.1) is 5.82 Å². The maximum absolute atomic E-state index is 13.8. The van der Waals surface area contributed by atoms with Crippen LogP contribution in [0.2, 0.25) is 0 Å². The van der Waals surface area contributed by atoms with Gasteiger partial charge in [-0.1, -0.05) is 6.07 Å². The Morgan fingerprint density at radius 2 is 2.15 bits per heavy atom. The van der Waals surface area contributed by atoms with Gasteiger partial charge in [-0.2, -0.15) is 0 Å². The van der Waals surface area contributed by atoms with Gasteiger partial charge < -0.3 is 10.1 Å². The van der Waals surface area contributed by atoms with Crippen LogP contribution in [0.5, 0.6) is 5.75 Å². The lowest BCUT2D eigenvalue weighted by atomic mass is 10.1. The number of aromatic nitrogens is 2. The average molecular weight is 405 g/mol. The fourth-order valence-corrected chi connectivity index (χ4v) is 2.41. The van der Waals surface area contributed by atoms with Crippen LogP contribution in [-0.4, -0.2) is 23.0 Å². The standard InChI is InChI=1S/C12H8Br2FN3O2/c1-20-7-4-2-3-6(15)9(7)12(19)18-11-10(14)17-8(13)5-16-11/h2-5H,1H3,(H,16,18,19). The van der Waals surface area contributed by atoms with Crippen LogP contribution in [0.25, 0.3) is 0 Å². The van der Waals surface area contributed by atoms with Gasteiger partial charge in [0.05, 0.1) is 13.3 Å². The molecule has 104 valence electrons. The van der Waals surface area contributed by atoms with E-state index in [0.29, 0.717) is 9.21 Å². The third-order valence-electron chi connectivity index (χ3n) is 2.35. The summed E-state index contributed by atoms with van der Waals surface area (Å²) in [4.78, 5) is 20.1. The minimum Gasteiger partial charge on any atom is -0.496 e. The van der Waals surface area contributed by atoms with Gasteiger partial charge in [0, 0.05) is 0 Å². The molecule has 0 unspecified atom stereocenters. The fourth-order valence-electron chi connectivity index (χ4n) is 1.50. The van der Waals surface area contributed by atoms with Crippen molar-refractivity contribution in [3.8, 4) is 5.75 Å². The van der Waals surface area contributed by atoms with Crippen molar-refractivity contribution in [3.63, 3.8) is 0 Å². The summed E-state index contributed by atoms with van der Waals surface area (Å²) in [6.07, 6.45) is 1.42. The lowest BCUT2D eigenvalue weighted by Gasteiger charge is -2.10. The molecule has 5 nitrogen and oxygen atoms in total. The number of methoxy groups -OCH3 is 1. The number of ether oxygens (including phenoxy) is 1. The number of anilines is 1. The van der Waals surface area contributed by atoms with Gasteiger partial charge in [-0.05, 0) is 44.0 Å². The normalized spacial score (nSPS) is 10.2. The molecule has 1 N–H and O–H groups in total. The molecule has 0 saturated carbocycles. The van der Waals surface area contributed by atoms with Crippen LogP contribution in [-0.2, 0) is 0 Å². The molecule has 0 fully saturated rings. The van der Waals surface area contributed by atoms with Crippen molar-refractivity contribution in [1.29, 1.82) is 0 Å². The van der Waals surface area contributed by atoms with Gasteiger partial charge in [0.25, 0.3) is 5.91 Å². The van der Waals surface area contributed by atoms with Crippen molar-refractivity contribution in [1.82, 2.24) is 9.97 Å². The van der Waals surface area contributed by atoms with E-state index in [2.05, 4.69) is 47.1 Å². The number of amides is 1. The largest absolute Gasteiger partial charge is 0.496 e. The van der Waals surface area contributed by atoms with Crippen molar-refractivity contribution < 1.29 is 13.9 Å². The van der Waals surface area contributed by atoms with Gasteiger partial charge in [-0.25, -0.2) is 14.4 Å². The van der Waals surface area contributed by atoms with Crippen LogP contribution in [0.15, 0.2) is 33.6 Å². The van der Waals surface area contributed by atoms with E-state index < -0.39 is 11.7 Å². The van der Waals surface area contributed by atoms with Gasteiger partial charge in [0.1, 0.15) is 26.3 Å². The molecule has 1 heterocycles. The molecule has 0 aliphatic carbocycles. The summed E-state index contributed by atoms with van der Waals surface area (Å²) >= 11 is 6.30. The minimum absolute atomic E-state index is 0.142. The number of nitrogens with zero attached hydrogens (tertiary/aromatic N) is 2. The summed E-state index contributed by atoms with van der Waals surface area (Å²) in [7, 11) is 1.36. The number of hydrogen-bond acceptors (Lipinski definition) is 4. The fraction of sp³-hybridized carbons (Fsp3) is 0.0833. The molecule has 0 atom stereocenters. The van der Waals surface area contributed by atoms with Gasteiger partial charge in [0.15, 0.2) is 5.82 Å². The zero-order valence-electron chi connectivity index (χ0n) is 10.2. The van der Waals surface area contributed by atoms with Gasteiger partial charge >= 0.3 is 0 Å². The summed E-state index contributed by atoms with van der Waals surface area (Å²) in [5.74, 6) is -1.02. The smallest absolute Gasteiger partial charge is 0.263 e. The van der Waals surface area contributed by atoms with Crippen molar-refractivity contribution >= 4 is 43.6 Å². The quantitative estimate of drug-likeness (QED) is 0.851. The molecule has 0 spiro atoms. The molecule has 0 aliphatic rings. The first-order valence-corrected chi connectivity index (χ1v) is 6.93. The Kier molecular flexibility index (Phi) is 4.66. The predicted molar refractivity (Wildman–Crippen MR) is 78.3 cm³/mol. The Hall–Kier alpha value is -1.54. The molecule has 0 saturated heterocycles. The summed E-state index contributed by atoms with van der Waals surface area (Å²) in [5, 5.41) is 2.47. The van der Waals surface area contributed by atoms with Crippen LogP contribution < -0.4 is 10.1 Å². The van der Waals surface area contributed by atoms with Crippen molar-refractivity contribution in [2.75, 3.05) is 12.4 Å². The van der Waals surface area contributed by atoms with E-state index in [0.717, 1.165) is 0 Å². The van der Waals surface area contributed by atoms with Crippen molar-refractivity contribution in [3.05, 3.63) is 45.0 Å². The zero-order chi connectivity index (χ0) is 14.7. The predicted octanol–water partition coefficient (Wildman–Crippen LogP) is 3.40. The van der Waals surface area contributed by atoms with E-state index in [4.69, 9.17) is 4.74 Å². The summed E-state index contributed by atoms with van der Waals surface area (Å²) in [6, 6.07) is 4.14. The molecule has 20 heavy (non-hydrogen) atoms. The number of hydrogen-bond donors (Lipinski definition) is 1. The molecule has 1 aromatic carbocycles. The second-order valence-electron chi connectivity index (χ2n) is 3.60. The Morgan fingerprint density at radius 1 is 1.40 bits per heavy atom. The molecule has 0 bridgehead atoms. The monoisotopic (exact) mass is 403 g/mol. The van der Waals surface area contributed by atoms with E-state index in [1.165, 1.54) is 31.5 Å². The summed E-state index contributed by atoms with van der Waals surface area (Å²) in [6.45, 7) is 0. The van der Waals surface area contributed by atoms with Crippen LogP contribution in [0.1, 0.15) is 10.4 Å². The highest BCUT2D eigenvalue weighted by atomic mass is 79.9. The average Bonchev–Trinajstić information content (AvgIpc) is 2.41. The molecular weight excluding hydrogens is 397 g/mol. The SMILES string of the molecule is COc1cccc(F)c1C(=O)Nc1ncc(Br)nc1Br. The van der Waals surface area contributed by atoms with Crippen LogP contribution in [0.3, 0.4) is 0 Å². The summed E-state index contributed by atoms with van der Waals surface area (Å²) in [5.41, 5.74) is -0.188. The number of carbonyl (C=O) groups excluding carboxylic acids is 1. The highest BCUT2D eigenvalue weighted by molar-refractivity contribution is 9.11. The van der Waals surface area contributed by atoms with Crippen molar-refractivity contribution in [2.45, 2.75) is 0 Å². The molecule has 2 rings (SSSR count). The van der Waals surface area contributed by atoms with Gasteiger partial charge in [-0.15, -0.1) is 0 Å². The lowest BCUT2D eigenvalue weighted by Crippen LogP contribution is -2.16. The maximum atomic E-state index is 13.8. The Morgan fingerprint density at radius 3 is 2.80 bits per heavy atom. The minimum atomic E-state index is -0.678. The zero-order valence-corrected chi connectivity index (χ0v) is 13.3. The first-order valence-electron chi connectivity index (χ1n) is 5.35. The number of nitrogens with one attached hydrogen (secondary N) is 1. The lowest BCUT2D eigenvalue weighted by molar-refractivity contribution is 0.101. The van der Waals surface area contributed by atoms with Gasteiger partial charge in [0.2, 0.25) is 0 Å². The first kappa shape index (κ1) is 14.9. The highest BCUT2D eigenvalue weighted by Gasteiger charge is 2.19. The van der Waals surface area contributed by atoms with E-state index in [1.807, 2.05) is 0 Å². The Balaban J connectivity index is 2.33. The van der Waals surface area contributed by atoms with E-state index in [-0.39, 0.29) is 17.1 Å². The number of benzene rings is 1. The molecule has 0 aliphatic heterocycles. The molecule has 2 aromatic rings. The molecule has 1 aromatic heterocycles. The van der Waals surface area contributed by atoms with E-state index >= 15 is 0 Å². The topological polar surface area (TPSA) is 64.1 Å². The van der Waals surface area contributed by atoms with E-state index in [9.17, 15) is 9.18 Å². The van der Waals surface area contributed by atoms with Crippen molar-refractivity contribution in [2.24, 2.45) is 0 Å². The van der Waals surface area contributed by atoms with Gasteiger partial charge in [-0.3, -0.25) is 4.79 Å². The second kappa shape index (κ2) is 6.27. The maximum Gasteiger partial charge on any atom is 0.263 e. The Bertz CT molecular complexity index is 667. The number of carbonyl (C=O) groups is 1. The molecular formula is C12H8Br2FN3O2. The first-order chi connectivity index (χ1) is 9.52. The van der Waals surface area contributed by atoms with Crippen LogP contribution >= 0.6 is 31.9 Å². The van der Waals surface area contributed by atoms with E-state index in [1.54, 1.807) is 0 Å². The third kappa shape index (κ3) is 3.13.